The normalized spacial score (nSPS) is 36.0. The summed E-state index contributed by atoms with van der Waals surface area (Å²) in [6.07, 6.45) is 2.88. The molecule has 0 aromatic carbocycles. The Morgan fingerprint density at radius 3 is 3.33 bits per heavy atom. The summed E-state index contributed by atoms with van der Waals surface area (Å²) in [4.78, 5) is 0. The summed E-state index contributed by atoms with van der Waals surface area (Å²) in [5, 5.41) is 4.66. The minimum absolute atomic E-state index is 1.01. The van der Waals surface area contributed by atoms with E-state index in [9.17, 15) is 0 Å². The molecule has 9 heavy (non-hydrogen) atoms. The van der Waals surface area contributed by atoms with Crippen LogP contribution in [0.1, 0.15) is 23.5 Å². The minimum Gasteiger partial charge on any atom is -0.152 e. The molecule has 3 rings (SSSR count). The molecule has 2 aliphatic carbocycles. The van der Waals surface area contributed by atoms with E-state index in [0.29, 0.717) is 0 Å². The Balaban J connectivity index is 2.25. The molecule has 2 atom stereocenters. The summed E-state index contributed by atoms with van der Waals surface area (Å²) in [7, 11) is 0. The highest BCUT2D eigenvalue weighted by molar-refractivity contribution is 7.08. The molecule has 2 aliphatic rings. The molecule has 46 valence electrons. The molecule has 2 unspecified atom stereocenters. The van der Waals surface area contributed by atoms with Crippen LogP contribution in [-0.4, -0.2) is 0 Å². The summed E-state index contributed by atoms with van der Waals surface area (Å²) >= 11 is 1.87. The molecule has 0 nitrogen and oxygen atoms in total. The van der Waals surface area contributed by atoms with Gasteiger partial charge in [-0.1, -0.05) is 0 Å². The lowest BCUT2D eigenvalue weighted by Gasteiger charge is -1.88. The van der Waals surface area contributed by atoms with Crippen LogP contribution in [0.2, 0.25) is 0 Å². The van der Waals surface area contributed by atoms with Crippen molar-refractivity contribution >= 4 is 11.3 Å². The Hall–Kier alpha value is -0.300. The Morgan fingerprint density at radius 2 is 2.44 bits per heavy atom. The molecule has 0 amide bonds. The van der Waals surface area contributed by atoms with Gasteiger partial charge in [-0.2, -0.15) is 11.3 Å². The zero-order valence-corrected chi connectivity index (χ0v) is 5.95. The van der Waals surface area contributed by atoms with Crippen molar-refractivity contribution < 1.29 is 0 Å². The van der Waals surface area contributed by atoms with E-state index in [0.717, 1.165) is 11.8 Å². The molecule has 0 N–H and O–H groups in total. The maximum atomic E-state index is 2.34. The molecule has 0 aliphatic heterocycles. The van der Waals surface area contributed by atoms with Gasteiger partial charge in [0.1, 0.15) is 0 Å². The Labute approximate surface area is 58.5 Å². The smallest absolute Gasteiger partial charge is 0.00555 e. The third-order valence-electron chi connectivity index (χ3n) is 2.58. The highest BCUT2D eigenvalue weighted by Crippen LogP contribution is 2.56. The molecule has 1 heteroatoms. The highest BCUT2D eigenvalue weighted by Gasteiger charge is 2.45. The molecule has 1 aromatic rings. The maximum Gasteiger partial charge on any atom is -0.00555 e. The van der Waals surface area contributed by atoms with Crippen molar-refractivity contribution in [1.82, 2.24) is 0 Å². The standard InChI is InChI=1S/C8H8S/c1-5-2-7(5)8-4-9-3-6(1)8/h3-5,7H,1-2H2. The van der Waals surface area contributed by atoms with Crippen LogP contribution in [0.3, 0.4) is 0 Å². The molecule has 0 spiro atoms. The van der Waals surface area contributed by atoms with Gasteiger partial charge in [0.25, 0.3) is 0 Å². The van der Waals surface area contributed by atoms with E-state index in [1.54, 1.807) is 11.1 Å². The third-order valence-corrected chi connectivity index (χ3v) is 3.39. The summed E-state index contributed by atoms with van der Waals surface area (Å²) in [5.74, 6) is 2.08. The number of hydrogen-bond donors (Lipinski definition) is 0. The minimum atomic E-state index is 1.01. The van der Waals surface area contributed by atoms with Gasteiger partial charge in [-0.25, -0.2) is 0 Å². The van der Waals surface area contributed by atoms with Gasteiger partial charge < -0.3 is 0 Å². The predicted octanol–water partition coefficient (Wildman–Crippen LogP) is 2.41. The molecular formula is C8H8S. The quantitative estimate of drug-likeness (QED) is 0.513. The van der Waals surface area contributed by atoms with Crippen molar-refractivity contribution in [2.75, 3.05) is 0 Å². The number of fused-ring (bicyclic) bond motifs is 3. The fourth-order valence-electron chi connectivity index (χ4n) is 1.96. The molecule has 0 saturated heterocycles. The Bertz CT molecular complexity index is 249. The van der Waals surface area contributed by atoms with Crippen LogP contribution in [0, 0.1) is 5.92 Å². The first-order valence-electron chi connectivity index (χ1n) is 3.50. The van der Waals surface area contributed by atoms with Crippen molar-refractivity contribution in [2.24, 2.45) is 5.92 Å². The van der Waals surface area contributed by atoms with E-state index in [2.05, 4.69) is 10.8 Å². The Morgan fingerprint density at radius 1 is 1.44 bits per heavy atom. The summed E-state index contributed by atoms with van der Waals surface area (Å²) < 4.78 is 0. The average Bonchev–Trinajstić information content (AvgIpc) is 2.38. The van der Waals surface area contributed by atoms with Crippen molar-refractivity contribution in [3.8, 4) is 0 Å². The van der Waals surface area contributed by atoms with E-state index < -0.39 is 0 Å². The maximum absolute atomic E-state index is 2.34. The van der Waals surface area contributed by atoms with E-state index >= 15 is 0 Å². The SMILES string of the molecule is c1scc2c1CC1CC21. The molecule has 1 aromatic heterocycles. The zero-order valence-electron chi connectivity index (χ0n) is 5.13. The van der Waals surface area contributed by atoms with Crippen LogP contribution in [0.4, 0.5) is 0 Å². The van der Waals surface area contributed by atoms with Gasteiger partial charge in [0.05, 0.1) is 0 Å². The van der Waals surface area contributed by atoms with E-state index in [4.69, 9.17) is 0 Å². The average molecular weight is 136 g/mol. The number of hydrogen-bond acceptors (Lipinski definition) is 1. The second-order valence-electron chi connectivity index (χ2n) is 3.16. The van der Waals surface area contributed by atoms with Crippen molar-refractivity contribution in [3.05, 3.63) is 21.9 Å². The van der Waals surface area contributed by atoms with Crippen LogP contribution < -0.4 is 0 Å². The van der Waals surface area contributed by atoms with Gasteiger partial charge in [-0.3, -0.25) is 0 Å². The van der Waals surface area contributed by atoms with Gasteiger partial charge in [0.15, 0.2) is 0 Å². The van der Waals surface area contributed by atoms with Crippen LogP contribution in [0.5, 0.6) is 0 Å². The highest BCUT2D eigenvalue weighted by atomic mass is 32.1. The lowest BCUT2D eigenvalue weighted by Crippen LogP contribution is -1.77. The van der Waals surface area contributed by atoms with Crippen LogP contribution in [-0.2, 0) is 6.42 Å². The molecule has 0 radical (unpaired) electrons. The second kappa shape index (κ2) is 1.24. The summed E-state index contributed by atoms with van der Waals surface area (Å²) in [6, 6.07) is 0. The van der Waals surface area contributed by atoms with Gasteiger partial charge >= 0.3 is 0 Å². The zero-order chi connectivity index (χ0) is 5.84. The first kappa shape index (κ1) is 4.51. The van der Waals surface area contributed by atoms with Gasteiger partial charge in [-0.15, -0.1) is 0 Å². The van der Waals surface area contributed by atoms with Gasteiger partial charge in [-0.05, 0) is 46.6 Å². The number of rotatable bonds is 0. The van der Waals surface area contributed by atoms with E-state index in [-0.39, 0.29) is 0 Å². The lowest BCUT2D eigenvalue weighted by atomic mass is 10.2. The van der Waals surface area contributed by atoms with Crippen LogP contribution in [0.15, 0.2) is 10.8 Å². The first-order chi connectivity index (χ1) is 4.45. The topological polar surface area (TPSA) is 0 Å². The molecule has 1 saturated carbocycles. The van der Waals surface area contributed by atoms with E-state index in [1.807, 2.05) is 11.3 Å². The lowest BCUT2D eigenvalue weighted by molar-refractivity contribution is 0.857. The van der Waals surface area contributed by atoms with Crippen molar-refractivity contribution in [2.45, 2.75) is 18.8 Å². The third kappa shape index (κ3) is 0.445. The molecule has 0 bridgehead atoms. The first-order valence-corrected chi connectivity index (χ1v) is 4.44. The van der Waals surface area contributed by atoms with Crippen molar-refractivity contribution in [1.29, 1.82) is 0 Å². The van der Waals surface area contributed by atoms with Gasteiger partial charge in [0.2, 0.25) is 0 Å². The molecular weight excluding hydrogens is 128 g/mol. The Kier molecular flexibility index (Phi) is 0.620. The summed E-state index contributed by atoms with van der Waals surface area (Å²) in [6.45, 7) is 0. The fraction of sp³-hybridized carbons (Fsp3) is 0.500. The van der Waals surface area contributed by atoms with Crippen LogP contribution >= 0.6 is 11.3 Å². The largest absolute Gasteiger partial charge is 0.152 e. The summed E-state index contributed by atoms with van der Waals surface area (Å²) in [5.41, 5.74) is 3.34. The predicted molar refractivity (Wildman–Crippen MR) is 38.9 cm³/mol. The van der Waals surface area contributed by atoms with E-state index in [1.165, 1.54) is 12.8 Å². The van der Waals surface area contributed by atoms with Gasteiger partial charge in [0, 0.05) is 0 Å². The molecule has 1 heterocycles. The second-order valence-corrected chi connectivity index (χ2v) is 3.90. The van der Waals surface area contributed by atoms with Crippen molar-refractivity contribution in [3.63, 3.8) is 0 Å². The van der Waals surface area contributed by atoms with Crippen LogP contribution in [0.25, 0.3) is 0 Å². The number of thiophene rings is 1. The fourth-order valence-corrected chi connectivity index (χ4v) is 2.90. The molecule has 1 fully saturated rings. The monoisotopic (exact) mass is 136 g/mol.